The second-order valence-corrected chi connectivity index (χ2v) is 28.7. The minimum Gasteiger partial charge on any atom is -0.511 e. The number of allylic oxidation sites excluding steroid dienone is 2. The molecule has 2 heterocycles. The normalized spacial score (nSPS) is 15.6. The van der Waals surface area contributed by atoms with Crippen molar-refractivity contribution in [3.8, 4) is 0 Å². The third-order valence-electron chi connectivity index (χ3n) is 16.7. The van der Waals surface area contributed by atoms with Crippen LogP contribution in [-0.4, -0.2) is 218 Å². The molecule has 574 valence electrons. The highest BCUT2D eigenvalue weighted by atomic mass is 32.2. The van der Waals surface area contributed by atoms with Crippen molar-refractivity contribution in [2.45, 2.75) is 194 Å². The Hall–Kier alpha value is -9.77. The van der Waals surface area contributed by atoms with Gasteiger partial charge in [-0.15, -0.1) is 0 Å². The van der Waals surface area contributed by atoms with Crippen molar-refractivity contribution in [3.63, 3.8) is 0 Å². The number of nitrogens with one attached hydrogen (secondary N) is 13. The van der Waals surface area contributed by atoms with Gasteiger partial charge in [0.05, 0.1) is 43.9 Å². The molecule has 0 spiro atoms. The van der Waals surface area contributed by atoms with Crippen LogP contribution in [0.2, 0.25) is 0 Å². The number of aliphatic carboxylic acids is 1. The SMILES string of the molecule is CSCC[C@H](NC(=O)[C@H](CC(C)C)NC(=O)[C@H](Cc1cnc[nH]1)NC(=O)CNC(=O)[C@@H](NC(=O)[C@H](C)NC(=O)[C@H](Cc1c[nH]c2ccccc12)NC(=O)[C@H](CCC(N)=O)NC(=O)CNC(=O)[C@H](CO)NC(=O)CNC(=O)[C@H](CCCCN)N=C(CC(C)C)C1=C(O)CC(C)(C)CC1=O)C(C)C)C(=O)O. The number of ketones is 1. The number of hydrogen-bond donors (Lipinski definition) is 18. The highest BCUT2D eigenvalue weighted by molar-refractivity contribution is 7.98. The number of fused-ring (bicyclic) bond motifs is 1. The van der Waals surface area contributed by atoms with Crippen molar-refractivity contribution >= 4 is 111 Å². The summed E-state index contributed by atoms with van der Waals surface area (Å²) in [7, 11) is 0. The van der Waals surface area contributed by atoms with E-state index < -0.39 is 182 Å². The van der Waals surface area contributed by atoms with E-state index in [4.69, 9.17) is 11.5 Å². The van der Waals surface area contributed by atoms with Crippen LogP contribution in [0.25, 0.3) is 10.9 Å². The van der Waals surface area contributed by atoms with E-state index in [2.05, 4.69) is 78.4 Å². The molecular weight excluding hydrogens is 1370 g/mol. The number of Topliss-reactive ketones (excluding diaryl/α,β-unsaturated/α-hetero) is 1. The zero-order valence-corrected chi connectivity index (χ0v) is 61.5. The predicted octanol–water partition coefficient (Wildman–Crippen LogP) is -1.09. The molecule has 0 saturated heterocycles. The first kappa shape index (κ1) is 86.6. The molecule has 4 rings (SSSR count). The van der Waals surface area contributed by atoms with Gasteiger partial charge in [-0.05, 0) is 105 Å². The summed E-state index contributed by atoms with van der Waals surface area (Å²) < 4.78 is 0. The number of thioether (sulfide) groups is 1. The molecule has 3 aromatic rings. The Kier molecular flexibility index (Phi) is 35.6. The van der Waals surface area contributed by atoms with Gasteiger partial charge in [0.25, 0.3) is 0 Å². The van der Waals surface area contributed by atoms with E-state index in [1.807, 2.05) is 27.7 Å². The molecule has 0 aliphatic heterocycles. The van der Waals surface area contributed by atoms with E-state index in [1.54, 1.807) is 64.4 Å². The Morgan fingerprint density at radius 3 is 1.80 bits per heavy atom. The Morgan fingerprint density at radius 2 is 1.22 bits per heavy atom. The second kappa shape index (κ2) is 42.7. The molecule has 1 aromatic carbocycles. The fourth-order valence-electron chi connectivity index (χ4n) is 11.2. The largest absolute Gasteiger partial charge is 0.511 e. The Bertz CT molecular complexity index is 3560. The fourth-order valence-corrected chi connectivity index (χ4v) is 11.7. The molecule has 34 nitrogen and oxygen atoms in total. The minimum absolute atomic E-state index is 0.0299. The topological polar surface area (TPSA) is 541 Å². The van der Waals surface area contributed by atoms with Gasteiger partial charge in [-0.25, -0.2) is 9.78 Å². The molecule has 0 saturated carbocycles. The van der Waals surface area contributed by atoms with Crippen molar-refractivity contribution in [2.24, 2.45) is 39.6 Å². The molecule has 12 amide bonds. The van der Waals surface area contributed by atoms with E-state index in [-0.39, 0.29) is 86.0 Å². The maximum absolute atomic E-state index is 14.4. The smallest absolute Gasteiger partial charge is 0.326 e. The number of H-pyrrole nitrogens is 2. The van der Waals surface area contributed by atoms with Gasteiger partial charge in [-0.3, -0.25) is 67.3 Å². The number of imidazole rings is 1. The first-order valence-electron chi connectivity index (χ1n) is 34.7. The van der Waals surface area contributed by atoms with Gasteiger partial charge >= 0.3 is 5.97 Å². The molecule has 0 radical (unpaired) electrons. The van der Waals surface area contributed by atoms with Crippen LogP contribution in [0, 0.1) is 23.2 Å². The van der Waals surface area contributed by atoms with Crippen LogP contribution >= 0.6 is 11.8 Å². The van der Waals surface area contributed by atoms with Crippen molar-refractivity contribution in [1.29, 1.82) is 0 Å². The van der Waals surface area contributed by atoms with Gasteiger partial charge in [0.1, 0.15) is 60.1 Å². The Labute approximate surface area is 608 Å². The summed E-state index contributed by atoms with van der Waals surface area (Å²) in [6.45, 7) is 12.6. The number of carbonyl (C=O) groups excluding carboxylic acids is 13. The number of aliphatic imine (C=N–C) groups is 1. The van der Waals surface area contributed by atoms with Gasteiger partial charge < -0.3 is 95.2 Å². The number of carboxylic acid groups (broad SMARTS) is 1. The maximum atomic E-state index is 14.4. The highest BCUT2D eigenvalue weighted by Crippen LogP contribution is 2.37. The summed E-state index contributed by atoms with van der Waals surface area (Å²) in [5.74, 6) is -12.8. The summed E-state index contributed by atoms with van der Waals surface area (Å²) in [4.78, 5) is 203. The van der Waals surface area contributed by atoms with Crippen LogP contribution in [0.1, 0.15) is 138 Å². The lowest BCUT2D eigenvalue weighted by atomic mass is 9.75. The number of carbonyl (C=O) groups is 14. The minimum atomic E-state index is -1.67. The third kappa shape index (κ3) is 29.2. The van der Waals surface area contributed by atoms with Crippen LogP contribution in [0.5, 0.6) is 0 Å². The molecule has 0 unspecified atom stereocenters. The van der Waals surface area contributed by atoms with E-state index >= 15 is 0 Å². The van der Waals surface area contributed by atoms with Crippen LogP contribution in [0.3, 0.4) is 0 Å². The molecule has 104 heavy (non-hydrogen) atoms. The van der Waals surface area contributed by atoms with Crippen LogP contribution in [-0.2, 0) is 80.0 Å². The summed E-state index contributed by atoms with van der Waals surface area (Å²) in [6.07, 6.45) is 6.90. The quantitative estimate of drug-likeness (QED) is 0.0236. The number of nitrogens with zero attached hydrogens (tertiary/aromatic N) is 2. The zero-order chi connectivity index (χ0) is 77.5. The summed E-state index contributed by atoms with van der Waals surface area (Å²) in [5, 5.41) is 58.9. The number of benzene rings is 1. The van der Waals surface area contributed by atoms with Gasteiger partial charge in [-0.1, -0.05) is 73.6 Å². The number of carboxylic acids is 1. The number of para-hydroxylation sites is 1. The van der Waals surface area contributed by atoms with Gasteiger partial charge in [-0.2, -0.15) is 11.8 Å². The number of aliphatic hydroxyl groups is 2. The van der Waals surface area contributed by atoms with Crippen LogP contribution in [0.15, 0.2) is 59.3 Å². The van der Waals surface area contributed by atoms with E-state index in [1.165, 1.54) is 31.2 Å². The first-order valence-corrected chi connectivity index (χ1v) is 36.0. The Morgan fingerprint density at radius 1 is 0.644 bits per heavy atom. The van der Waals surface area contributed by atoms with E-state index in [0.29, 0.717) is 47.3 Å². The van der Waals surface area contributed by atoms with Gasteiger partial charge in [0, 0.05) is 61.1 Å². The maximum Gasteiger partial charge on any atom is 0.326 e. The summed E-state index contributed by atoms with van der Waals surface area (Å²) in [6, 6.07) is -5.43. The predicted molar refractivity (Wildman–Crippen MR) is 386 cm³/mol. The number of aromatic nitrogens is 3. The number of amides is 12. The molecule has 2 aromatic heterocycles. The van der Waals surface area contributed by atoms with Crippen LogP contribution in [0.4, 0.5) is 0 Å². The first-order chi connectivity index (χ1) is 49.1. The molecule has 9 atom stereocenters. The molecule has 1 aliphatic carbocycles. The van der Waals surface area contributed by atoms with Crippen molar-refractivity contribution < 1.29 is 82.4 Å². The number of unbranched alkanes of at least 4 members (excludes halogenated alkanes) is 1. The van der Waals surface area contributed by atoms with E-state index in [9.17, 15) is 82.4 Å². The fraction of sp³-hybridized carbons (Fsp3) is 0.594. The monoisotopic (exact) mass is 1480 g/mol. The lowest BCUT2D eigenvalue weighted by molar-refractivity contribution is -0.142. The molecule has 0 fully saturated rings. The molecule has 0 bridgehead atoms. The number of rotatable bonds is 45. The lowest BCUT2D eigenvalue weighted by Gasteiger charge is -2.30. The number of nitrogens with two attached hydrogens (primary N) is 2. The summed E-state index contributed by atoms with van der Waals surface area (Å²) >= 11 is 1.39. The van der Waals surface area contributed by atoms with Crippen LogP contribution < -0.4 is 70.0 Å². The van der Waals surface area contributed by atoms with Crippen molar-refractivity contribution in [1.82, 2.24) is 73.4 Å². The lowest BCUT2D eigenvalue weighted by Crippen LogP contribution is -2.59. The number of aliphatic hydroxyl groups excluding tert-OH is 2. The number of aromatic amines is 2. The van der Waals surface area contributed by atoms with Gasteiger partial charge in [0.2, 0.25) is 70.9 Å². The third-order valence-corrected chi connectivity index (χ3v) is 17.3. The molecule has 20 N–H and O–H groups in total. The van der Waals surface area contributed by atoms with Crippen molar-refractivity contribution in [3.05, 3.63) is 65.6 Å². The average Bonchev–Trinajstić information content (AvgIpc) is 1.21. The molecule has 1 aliphatic rings. The van der Waals surface area contributed by atoms with Crippen molar-refractivity contribution in [2.75, 3.05) is 44.8 Å². The summed E-state index contributed by atoms with van der Waals surface area (Å²) in [5.41, 5.74) is 12.6. The molecular formula is C69H105N17O17S. The zero-order valence-electron chi connectivity index (χ0n) is 60.7. The number of hydrogen-bond acceptors (Lipinski definition) is 20. The molecule has 35 heteroatoms. The average molecular weight is 1480 g/mol. The number of primary amides is 1. The Balaban J connectivity index is 1.44. The highest BCUT2D eigenvalue weighted by Gasteiger charge is 2.38. The second-order valence-electron chi connectivity index (χ2n) is 27.7. The van der Waals surface area contributed by atoms with Gasteiger partial charge in [0.15, 0.2) is 5.78 Å². The van der Waals surface area contributed by atoms with E-state index in [0.717, 1.165) is 0 Å². The standard InChI is InChI=1S/C69H105N17O17S/c1-36(2)23-47(58-52(88)27-69(8,9)28-53(58)89)79-44(17-13-14-21-70)61(95)74-32-57(93)82-51(34-87)62(96)75-31-55(91)80-45(18-19-54(71)90)63(97)85-49(25-40-29-73-43-16-12-11-15-42(40)43)64(98)78-39(7)60(94)86-59(38(5)6)67(101)76-33-56(92)81-50(26-41-30-72-35-77-41)66(100)84-48(24-37(3)4)65(99)83-46(68(102)103)20-22-104-10/h11-12,15-16,29-30,35-39,44-46,48-51,59,73,87-88H,13-14,17-28,31-34,70H2,1-10H3,(H2,71,90)(H,72,77)(H,74,95)(H,75,96)(H,76,101)(H,78,98)(H,80,91)(H,81,92)(H,82,93)(H,83,99)(H,84,100)(H,85,97)(H,86,94)(H,102,103)/t39-,44-,45-,46-,48-,49-,50-,51-,59-/m0/s1.